The Morgan fingerprint density at radius 2 is 1.92 bits per heavy atom. The lowest BCUT2D eigenvalue weighted by Crippen LogP contribution is -2.45. The van der Waals surface area contributed by atoms with Gasteiger partial charge in [0.1, 0.15) is 13.2 Å². The van der Waals surface area contributed by atoms with Crippen molar-refractivity contribution in [2.75, 3.05) is 13.1 Å². The number of nitrogens with zero attached hydrogens (tertiary/aromatic N) is 2. The molecule has 0 atom stereocenters. The van der Waals surface area contributed by atoms with Gasteiger partial charge in [0.15, 0.2) is 0 Å². The van der Waals surface area contributed by atoms with E-state index in [2.05, 4.69) is 5.32 Å². The average molecular weight is 343 g/mol. The van der Waals surface area contributed by atoms with Gasteiger partial charge in [-0.15, -0.1) is 0 Å². The Morgan fingerprint density at radius 3 is 2.60 bits per heavy atom. The number of amides is 3. The lowest BCUT2D eigenvalue weighted by molar-refractivity contribution is 0.101. The van der Waals surface area contributed by atoms with Crippen LogP contribution in [0.2, 0.25) is 0 Å². The molecule has 1 saturated carbocycles. The van der Waals surface area contributed by atoms with Gasteiger partial charge in [-0.1, -0.05) is 62.4 Å². The van der Waals surface area contributed by atoms with Gasteiger partial charge in [0.25, 0.3) is 0 Å². The molecule has 1 aliphatic rings. The Labute approximate surface area is 148 Å². The van der Waals surface area contributed by atoms with Crippen LogP contribution in [-0.2, 0) is 11.3 Å². The topological polar surface area (TPSA) is 82.4 Å². The molecule has 6 heteroatoms. The van der Waals surface area contributed by atoms with Gasteiger partial charge in [0, 0.05) is 6.54 Å². The highest BCUT2D eigenvalue weighted by atomic mass is 16.6. The summed E-state index contributed by atoms with van der Waals surface area (Å²) in [6.07, 6.45) is 6.09. The van der Waals surface area contributed by atoms with Gasteiger partial charge in [-0.2, -0.15) is 5.26 Å². The molecule has 134 valence electrons. The second kappa shape index (κ2) is 10.3. The van der Waals surface area contributed by atoms with E-state index in [9.17, 15) is 9.59 Å². The van der Waals surface area contributed by atoms with Crippen LogP contribution in [0.3, 0.4) is 0 Å². The molecule has 0 bridgehead atoms. The zero-order chi connectivity index (χ0) is 17.9. The lowest BCUT2D eigenvalue weighted by atomic mass is 9.87. The highest BCUT2D eigenvalue weighted by Crippen LogP contribution is 2.26. The Morgan fingerprint density at radius 1 is 1.20 bits per heavy atom. The van der Waals surface area contributed by atoms with Gasteiger partial charge in [-0.05, 0) is 17.9 Å². The molecule has 1 N–H and O–H groups in total. The first-order valence-electron chi connectivity index (χ1n) is 8.83. The molecule has 0 saturated heterocycles. The van der Waals surface area contributed by atoms with Crippen LogP contribution in [-0.4, -0.2) is 30.1 Å². The van der Waals surface area contributed by atoms with Crippen LogP contribution in [0.25, 0.3) is 0 Å². The molecule has 1 aromatic rings. The van der Waals surface area contributed by atoms with Crippen molar-refractivity contribution in [3.05, 3.63) is 35.9 Å². The number of carbonyl (C=O) groups excluding carboxylic acids is 2. The molecular weight excluding hydrogens is 318 g/mol. The van der Waals surface area contributed by atoms with Crippen molar-refractivity contribution >= 4 is 12.1 Å². The summed E-state index contributed by atoms with van der Waals surface area (Å²) in [5.41, 5.74) is 0.862. The number of nitrogens with one attached hydrogen (secondary N) is 1. The number of benzene rings is 1. The van der Waals surface area contributed by atoms with Gasteiger partial charge in [-0.3, -0.25) is 0 Å². The number of urea groups is 1. The van der Waals surface area contributed by atoms with E-state index in [-0.39, 0.29) is 13.2 Å². The third kappa shape index (κ3) is 6.46. The number of carbonyl (C=O) groups is 2. The van der Waals surface area contributed by atoms with Gasteiger partial charge < -0.3 is 10.1 Å². The molecule has 1 fully saturated rings. The molecule has 2 rings (SSSR count). The SMILES string of the molecule is N#CCNC(=O)N(CCC1CCCCC1)C(=O)OCc1ccccc1. The maximum absolute atomic E-state index is 12.4. The maximum atomic E-state index is 12.4. The molecule has 25 heavy (non-hydrogen) atoms. The molecule has 0 aliphatic heterocycles. The van der Waals surface area contributed by atoms with Crippen molar-refractivity contribution in [2.45, 2.75) is 45.1 Å². The van der Waals surface area contributed by atoms with Crippen molar-refractivity contribution in [3.63, 3.8) is 0 Å². The summed E-state index contributed by atoms with van der Waals surface area (Å²) in [4.78, 5) is 25.6. The predicted molar refractivity (Wildman–Crippen MR) is 93.5 cm³/mol. The van der Waals surface area contributed by atoms with E-state index in [1.54, 1.807) is 0 Å². The molecule has 3 amide bonds. The summed E-state index contributed by atoms with van der Waals surface area (Å²) >= 11 is 0. The summed E-state index contributed by atoms with van der Waals surface area (Å²) in [6.45, 7) is 0.297. The third-order valence-corrected chi connectivity index (χ3v) is 4.48. The van der Waals surface area contributed by atoms with E-state index in [4.69, 9.17) is 10.00 Å². The molecule has 0 unspecified atom stereocenters. The zero-order valence-electron chi connectivity index (χ0n) is 14.4. The molecule has 0 radical (unpaired) electrons. The quantitative estimate of drug-likeness (QED) is 0.796. The molecular formula is C19H25N3O3. The maximum Gasteiger partial charge on any atom is 0.418 e. The van der Waals surface area contributed by atoms with E-state index >= 15 is 0 Å². The minimum atomic E-state index is -0.671. The van der Waals surface area contributed by atoms with E-state index in [0.717, 1.165) is 29.7 Å². The highest BCUT2D eigenvalue weighted by Gasteiger charge is 2.24. The second-order valence-electron chi connectivity index (χ2n) is 6.30. The Balaban J connectivity index is 1.90. The number of imide groups is 1. The smallest absolute Gasteiger partial charge is 0.418 e. The van der Waals surface area contributed by atoms with E-state index < -0.39 is 12.1 Å². The summed E-state index contributed by atoms with van der Waals surface area (Å²) in [5, 5.41) is 11.0. The predicted octanol–water partition coefficient (Wildman–Crippen LogP) is 3.83. The number of nitriles is 1. The number of rotatable bonds is 6. The molecule has 0 aromatic heterocycles. The van der Waals surface area contributed by atoms with Gasteiger partial charge >= 0.3 is 12.1 Å². The number of hydrogen-bond donors (Lipinski definition) is 1. The summed E-state index contributed by atoms with van der Waals surface area (Å²) in [5.74, 6) is 0.543. The standard InChI is InChI=1S/C19H25N3O3/c20-12-13-21-18(23)22(14-11-16-7-3-1-4-8-16)19(24)25-15-17-9-5-2-6-10-17/h2,5-6,9-10,16H,1,3-4,7-8,11,13-15H2,(H,21,23). The van der Waals surface area contributed by atoms with E-state index in [0.29, 0.717) is 12.5 Å². The van der Waals surface area contributed by atoms with Crippen LogP contribution >= 0.6 is 0 Å². The minimum Gasteiger partial charge on any atom is -0.444 e. The minimum absolute atomic E-state index is 0.116. The Kier molecular flexibility index (Phi) is 7.77. The Bertz CT molecular complexity index is 592. The summed E-state index contributed by atoms with van der Waals surface area (Å²) in [7, 11) is 0. The monoisotopic (exact) mass is 343 g/mol. The zero-order valence-corrected chi connectivity index (χ0v) is 14.4. The van der Waals surface area contributed by atoms with Crippen molar-refractivity contribution in [1.82, 2.24) is 10.2 Å². The van der Waals surface area contributed by atoms with Crippen LogP contribution in [0.1, 0.15) is 44.1 Å². The second-order valence-corrected chi connectivity index (χ2v) is 6.30. The molecule has 0 heterocycles. The largest absolute Gasteiger partial charge is 0.444 e. The van der Waals surface area contributed by atoms with Gasteiger partial charge in [0.05, 0.1) is 6.07 Å². The summed E-state index contributed by atoms with van der Waals surface area (Å²) in [6, 6.07) is 10.6. The fraction of sp³-hybridized carbons (Fsp3) is 0.526. The lowest BCUT2D eigenvalue weighted by Gasteiger charge is -2.25. The van der Waals surface area contributed by atoms with Gasteiger partial charge in [0.2, 0.25) is 0 Å². The van der Waals surface area contributed by atoms with E-state index in [1.807, 2.05) is 36.4 Å². The molecule has 0 spiro atoms. The molecule has 1 aromatic carbocycles. The molecule has 6 nitrogen and oxygen atoms in total. The van der Waals surface area contributed by atoms with Crippen molar-refractivity contribution in [3.8, 4) is 6.07 Å². The third-order valence-electron chi connectivity index (χ3n) is 4.48. The van der Waals surface area contributed by atoms with Crippen molar-refractivity contribution in [1.29, 1.82) is 5.26 Å². The Hall–Kier alpha value is -2.55. The first kappa shape index (κ1) is 18.8. The fourth-order valence-electron chi connectivity index (χ4n) is 3.07. The first-order chi connectivity index (χ1) is 12.2. The fourth-order valence-corrected chi connectivity index (χ4v) is 3.07. The van der Waals surface area contributed by atoms with E-state index in [1.165, 1.54) is 19.3 Å². The summed E-state index contributed by atoms with van der Waals surface area (Å²) < 4.78 is 5.27. The van der Waals surface area contributed by atoms with Crippen LogP contribution in [0, 0.1) is 17.2 Å². The normalized spacial score (nSPS) is 14.4. The van der Waals surface area contributed by atoms with Crippen LogP contribution < -0.4 is 5.32 Å². The van der Waals surface area contributed by atoms with Crippen LogP contribution in [0.15, 0.2) is 30.3 Å². The first-order valence-corrected chi connectivity index (χ1v) is 8.83. The van der Waals surface area contributed by atoms with Crippen LogP contribution in [0.5, 0.6) is 0 Å². The van der Waals surface area contributed by atoms with Gasteiger partial charge in [-0.25, -0.2) is 14.5 Å². The average Bonchev–Trinajstić information content (AvgIpc) is 2.66. The molecule has 1 aliphatic carbocycles. The van der Waals surface area contributed by atoms with Crippen molar-refractivity contribution < 1.29 is 14.3 Å². The van der Waals surface area contributed by atoms with Crippen molar-refractivity contribution in [2.24, 2.45) is 5.92 Å². The number of hydrogen-bond acceptors (Lipinski definition) is 4. The highest BCUT2D eigenvalue weighted by molar-refractivity contribution is 5.90. The van der Waals surface area contributed by atoms with Crippen LogP contribution in [0.4, 0.5) is 9.59 Å². The number of ether oxygens (including phenoxy) is 1.